The third kappa shape index (κ3) is 2.15. The van der Waals surface area contributed by atoms with Crippen LogP contribution < -0.4 is 11.1 Å². The van der Waals surface area contributed by atoms with Gasteiger partial charge in [0.05, 0.1) is 11.4 Å². The lowest BCUT2D eigenvalue weighted by molar-refractivity contribution is 0.102. The van der Waals surface area contributed by atoms with Gasteiger partial charge in [0.25, 0.3) is 5.91 Å². The molecule has 0 fully saturated rings. The molecule has 1 aliphatic rings. The Morgan fingerprint density at radius 3 is 2.90 bits per heavy atom. The van der Waals surface area contributed by atoms with Crippen molar-refractivity contribution in [2.45, 2.75) is 32.6 Å². The van der Waals surface area contributed by atoms with Crippen LogP contribution >= 0.6 is 0 Å². The molecular weight excluding hydrogens is 252 g/mol. The fourth-order valence-corrected chi connectivity index (χ4v) is 2.69. The van der Waals surface area contributed by atoms with Crippen molar-refractivity contribution in [1.29, 1.82) is 0 Å². The molecule has 104 valence electrons. The van der Waals surface area contributed by atoms with Gasteiger partial charge in [-0.3, -0.25) is 9.89 Å². The van der Waals surface area contributed by atoms with E-state index in [1.165, 1.54) is 24.0 Å². The molecule has 0 radical (unpaired) electrons. The van der Waals surface area contributed by atoms with Gasteiger partial charge in [0.1, 0.15) is 0 Å². The minimum atomic E-state index is -0.258. The van der Waals surface area contributed by atoms with Gasteiger partial charge in [-0.1, -0.05) is 12.1 Å². The van der Waals surface area contributed by atoms with Gasteiger partial charge in [0, 0.05) is 5.69 Å². The third-order valence-electron chi connectivity index (χ3n) is 3.85. The fraction of sp³-hybridized carbons (Fsp3) is 0.333. The van der Waals surface area contributed by atoms with Crippen LogP contribution in [0.4, 0.5) is 11.4 Å². The first-order valence-electron chi connectivity index (χ1n) is 6.89. The molecule has 2 aromatic rings. The number of nitrogens with two attached hydrogens (primary N) is 1. The average molecular weight is 270 g/mol. The lowest BCUT2D eigenvalue weighted by atomic mass is 9.90. The number of amides is 1. The van der Waals surface area contributed by atoms with E-state index in [2.05, 4.69) is 21.6 Å². The van der Waals surface area contributed by atoms with E-state index < -0.39 is 0 Å². The smallest absolute Gasteiger partial charge is 0.278 e. The van der Waals surface area contributed by atoms with E-state index in [0.29, 0.717) is 11.4 Å². The van der Waals surface area contributed by atoms with Crippen molar-refractivity contribution >= 4 is 17.3 Å². The molecule has 0 spiro atoms. The lowest BCUT2D eigenvalue weighted by Gasteiger charge is -2.19. The molecule has 1 aromatic heterocycles. The SMILES string of the molecule is Cc1[nH]nc(C(=O)Nc2cccc3c2CCCC3)c1N. The number of rotatable bonds is 2. The second kappa shape index (κ2) is 5.00. The Bertz CT molecular complexity index is 660. The van der Waals surface area contributed by atoms with Gasteiger partial charge in [0.2, 0.25) is 0 Å². The highest BCUT2D eigenvalue weighted by molar-refractivity contribution is 6.06. The Morgan fingerprint density at radius 2 is 2.15 bits per heavy atom. The molecule has 0 bridgehead atoms. The van der Waals surface area contributed by atoms with E-state index in [1.807, 2.05) is 12.1 Å². The zero-order valence-corrected chi connectivity index (χ0v) is 11.5. The molecule has 0 aliphatic heterocycles. The Kier molecular flexibility index (Phi) is 3.18. The number of anilines is 2. The molecule has 4 N–H and O–H groups in total. The largest absolute Gasteiger partial charge is 0.395 e. The topological polar surface area (TPSA) is 83.8 Å². The van der Waals surface area contributed by atoms with Gasteiger partial charge in [-0.05, 0) is 49.8 Å². The monoisotopic (exact) mass is 270 g/mol. The molecule has 1 heterocycles. The number of fused-ring (bicyclic) bond motifs is 1. The number of nitrogen functional groups attached to an aromatic ring is 1. The zero-order chi connectivity index (χ0) is 14.1. The summed E-state index contributed by atoms with van der Waals surface area (Å²) in [7, 11) is 0. The van der Waals surface area contributed by atoms with Crippen LogP contribution in [0, 0.1) is 6.92 Å². The number of aromatic nitrogens is 2. The summed E-state index contributed by atoms with van der Waals surface area (Å²) in [6, 6.07) is 6.06. The number of benzene rings is 1. The highest BCUT2D eigenvalue weighted by Gasteiger charge is 2.18. The molecular formula is C15H18N4O. The number of hydrogen-bond donors (Lipinski definition) is 3. The molecule has 5 nitrogen and oxygen atoms in total. The van der Waals surface area contributed by atoms with Crippen molar-refractivity contribution in [1.82, 2.24) is 10.2 Å². The maximum Gasteiger partial charge on any atom is 0.278 e. The summed E-state index contributed by atoms with van der Waals surface area (Å²) >= 11 is 0. The molecule has 1 amide bonds. The van der Waals surface area contributed by atoms with Crippen LogP contribution in [0.1, 0.15) is 40.2 Å². The van der Waals surface area contributed by atoms with Gasteiger partial charge in [-0.25, -0.2) is 0 Å². The average Bonchev–Trinajstić information content (AvgIpc) is 2.79. The Labute approximate surface area is 117 Å². The summed E-state index contributed by atoms with van der Waals surface area (Å²) in [5.41, 5.74) is 10.7. The molecule has 3 rings (SSSR count). The molecule has 1 aliphatic carbocycles. The zero-order valence-electron chi connectivity index (χ0n) is 11.5. The maximum absolute atomic E-state index is 12.3. The van der Waals surface area contributed by atoms with Crippen molar-refractivity contribution in [3.63, 3.8) is 0 Å². The Balaban J connectivity index is 1.88. The Morgan fingerprint density at radius 1 is 1.35 bits per heavy atom. The second-order valence-corrected chi connectivity index (χ2v) is 5.22. The van der Waals surface area contributed by atoms with Crippen LogP contribution in [0.3, 0.4) is 0 Å². The Hall–Kier alpha value is -2.30. The van der Waals surface area contributed by atoms with Crippen molar-refractivity contribution < 1.29 is 4.79 Å². The predicted molar refractivity (Wildman–Crippen MR) is 78.8 cm³/mol. The molecule has 0 saturated heterocycles. The van der Waals surface area contributed by atoms with E-state index in [0.717, 1.165) is 18.5 Å². The minimum absolute atomic E-state index is 0.258. The lowest BCUT2D eigenvalue weighted by Crippen LogP contribution is -2.17. The van der Waals surface area contributed by atoms with E-state index in [-0.39, 0.29) is 11.6 Å². The first-order chi connectivity index (χ1) is 9.66. The van der Waals surface area contributed by atoms with E-state index in [4.69, 9.17) is 5.73 Å². The summed E-state index contributed by atoms with van der Waals surface area (Å²) in [5.74, 6) is -0.258. The molecule has 0 saturated carbocycles. The van der Waals surface area contributed by atoms with Gasteiger partial charge in [-0.2, -0.15) is 5.10 Å². The van der Waals surface area contributed by atoms with E-state index in [9.17, 15) is 4.79 Å². The summed E-state index contributed by atoms with van der Waals surface area (Å²) in [6.45, 7) is 1.80. The highest BCUT2D eigenvalue weighted by atomic mass is 16.2. The van der Waals surface area contributed by atoms with Crippen LogP contribution in [0.15, 0.2) is 18.2 Å². The van der Waals surface area contributed by atoms with Gasteiger partial charge in [-0.15, -0.1) is 0 Å². The van der Waals surface area contributed by atoms with Gasteiger partial charge in [0.15, 0.2) is 5.69 Å². The molecule has 0 atom stereocenters. The van der Waals surface area contributed by atoms with E-state index in [1.54, 1.807) is 6.92 Å². The quantitative estimate of drug-likeness (QED) is 0.783. The number of aryl methyl sites for hydroxylation is 2. The van der Waals surface area contributed by atoms with Gasteiger partial charge >= 0.3 is 0 Å². The highest BCUT2D eigenvalue weighted by Crippen LogP contribution is 2.28. The number of nitrogens with zero attached hydrogens (tertiary/aromatic N) is 1. The number of nitrogens with one attached hydrogen (secondary N) is 2. The van der Waals surface area contributed by atoms with Crippen LogP contribution in [0.5, 0.6) is 0 Å². The number of H-pyrrole nitrogens is 1. The number of hydrogen-bond acceptors (Lipinski definition) is 3. The predicted octanol–water partition coefficient (Wildman–Crippen LogP) is 2.43. The van der Waals surface area contributed by atoms with Crippen molar-refractivity contribution in [3.05, 3.63) is 40.7 Å². The van der Waals surface area contributed by atoms with Gasteiger partial charge < -0.3 is 11.1 Å². The first-order valence-corrected chi connectivity index (χ1v) is 6.89. The normalized spacial score (nSPS) is 13.8. The first kappa shape index (κ1) is 12.7. The molecule has 1 aromatic carbocycles. The third-order valence-corrected chi connectivity index (χ3v) is 3.85. The molecule has 20 heavy (non-hydrogen) atoms. The van der Waals surface area contributed by atoms with Crippen LogP contribution in [-0.2, 0) is 12.8 Å². The number of aromatic amines is 1. The summed E-state index contributed by atoms with van der Waals surface area (Å²) in [4.78, 5) is 12.3. The maximum atomic E-state index is 12.3. The van der Waals surface area contributed by atoms with Crippen molar-refractivity contribution in [2.24, 2.45) is 0 Å². The fourth-order valence-electron chi connectivity index (χ4n) is 2.69. The molecule has 5 heteroatoms. The summed E-state index contributed by atoms with van der Waals surface area (Å²) in [5, 5.41) is 9.63. The van der Waals surface area contributed by atoms with Crippen LogP contribution in [0.2, 0.25) is 0 Å². The number of carbonyl (C=O) groups is 1. The molecule has 0 unspecified atom stereocenters. The van der Waals surface area contributed by atoms with E-state index >= 15 is 0 Å². The van der Waals surface area contributed by atoms with Crippen LogP contribution in [-0.4, -0.2) is 16.1 Å². The van der Waals surface area contributed by atoms with Crippen LogP contribution in [0.25, 0.3) is 0 Å². The summed E-state index contributed by atoms with van der Waals surface area (Å²) in [6.07, 6.45) is 4.49. The van der Waals surface area contributed by atoms with Crippen molar-refractivity contribution in [2.75, 3.05) is 11.1 Å². The second-order valence-electron chi connectivity index (χ2n) is 5.22. The summed E-state index contributed by atoms with van der Waals surface area (Å²) < 4.78 is 0. The van der Waals surface area contributed by atoms with Crippen molar-refractivity contribution in [3.8, 4) is 0 Å². The minimum Gasteiger partial charge on any atom is -0.395 e. The standard InChI is InChI=1S/C15H18N4O/c1-9-13(16)14(19-18-9)15(20)17-12-8-4-6-10-5-2-3-7-11(10)12/h4,6,8H,2-3,5,7,16H2,1H3,(H,17,20)(H,18,19). The number of carbonyl (C=O) groups excluding carboxylic acids is 1.